The second kappa shape index (κ2) is 8.55. The second-order valence-corrected chi connectivity index (χ2v) is 5.52. The van der Waals surface area contributed by atoms with E-state index in [4.69, 9.17) is 0 Å². The number of nitrogens with one attached hydrogen (secondary N) is 1. The van der Waals surface area contributed by atoms with Crippen molar-refractivity contribution in [1.82, 2.24) is 15.2 Å². The van der Waals surface area contributed by atoms with Crippen molar-refractivity contribution in [3.8, 4) is 0 Å². The Morgan fingerprint density at radius 1 is 0.905 bits per heavy atom. The van der Waals surface area contributed by atoms with Crippen LogP contribution in [0.3, 0.4) is 0 Å². The summed E-state index contributed by atoms with van der Waals surface area (Å²) in [6.45, 7) is 6.14. The Morgan fingerprint density at radius 2 is 1.48 bits per heavy atom. The van der Waals surface area contributed by atoms with Crippen molar-refractivity contribution < 1.29 is 0 Å². The number of nitrogens with zero attached hydrogens (tertiary/aromatic N) is 2. The van der Waals surface area contributed by atoms with Gasteiger partial charge in [0.25, 0.3) is 0 Å². The Hall–Kier alpha value is -1.71. The van der Waals surface area contributed by atoms with Gasteiger partial charge in [-0.25, -0.2) is 0 Å². The Bertz CT molecular complexity index is 508. The summed E-state index contributed by atoms with van der Waals surface area (Å²) in [5.74, 6) is 0. The molecule has 1 aromatic carbocycles. The summed E-state index contributed by atoms with van der Waals surface area (Å²) < 4.78 is 0. The predicted octanol–water partition coefficient (Wildman–Crippen LogP) is 3.21. The summed E-state index contributed by atoms with van der Waals surface area (Å²) in [7, 11) is 2.15. The molecule has 0 aliphatic carbocycles. The highest BCUT2D eigenvalue weighted by Gasteiger charge is 2.02. The maximum atomic E-state index is 4.05. The highest BCUT2D eigenvalue weighted by molar-refractivity contribution is 5.22. The number of hydrogen-bond donors (Lipinski definition) is 1. The summed E-state index contributed by atoms with van der Waals surface area (Å²) in [6.07, 6.45) is 4.88. The maximum absolute atomic E-state index is 4.05. The number of pyridine rings is 1. The number of aromatic nitrogens is 1. The third kappa shape index (κ3) is 5.66. The maximum Gasteiger partial charge on any atom is 0.0271 e. The van der Waals surface area contributed by atoms with E-state index < -0.39 is 0 Å². The van der Waals surface area contributed by atoms with Crippen LogP contribution in [0.15, 0.2) is 48.8 Å². The van der Waals surface area contributed by atoms with Crippen molar-refractivity contribution in [3.63, 3.8) is 0 Å². The van der Waals surface area contributed by atoms with Gasteiger partial charge in [-0.05, 0) is 48.8 Å². The molecule has 3 nitrogen and oxygen atoms in total. The number of rotatable bonds is 8. The molecule has 2 aromatic rings. The smallest absolute Gasteiger partial charge is 0.0271 e. The van der Waals surface area contributed by atoms with Crippen molar-refractivity contribution in [2.45, 2.75) is 33.0 Å². The Kier molecular flexibility index (Phi) is 6.38. The molecule has 21 heavy (non-hydrogen) atoms. The first kappa shape index (κ1) is 15.7. The lowest BCUT2D eigenvalue weighted by molar-refractivity contribution is 0.319. The monoisotopic (exact) mass is 283 g/mol. The van der Waals surface area contributed by atoms with Crippen LogP contribution in [-0.4, -0.2) is 23.5 Å². The van der Waals surface area contributed by atoms with Gasteiger partial charge >= 0.3 is 0 Å². The van der Waals surface area contributed by atoms with Gasteiger partial charge < -0.3 is 5.32 Å². The standard InChI is InChI=1S/C18H25N3/c1-3-10-20-13-16-4-6-17(7-5-16)14-21(2)15-18-8-11-19-12-9-18/h4-9,11-12,20H,3,10,13-15H2,1-2H3. The van der Waals surface area contributed by atoms with Crippen LogP contribution in [0, 0.1) is 0 Å². The van der Waals surface area contributed by atoms with E-state index in [9.17, 15) is 0 Å². The summed E-state index contributed by atoms with van der Waals surface area (Å²) in [6, 6.07) is 13.0. The van der Waals surface area contributed by atoms with E-state index in [1.807, 2.05) is 12.4 Å². The molecule has 0 aliphatic rings. The summed E-state index contributed by atoms with van der Waals surface area (Å²) in [5.41, 5.74) is 4.00. The van der Waals surface area contributed by atoms with E-state index in [0.717, 1.165) is 26.2 Å². The zero-order valence-corrected chi connectivity index (χ0v) is 13.0. The number of benzene rings is 1. The fourth-order valence-electron chi connectivity index (χ4n) is 2.34. The molecule has 2 rings (SSSR count). The molecule has 0 radical (unpaired) electrons. The van der Waals surface area contributed by atoms with Gasteiger partial charge in [-0.15, -0.1) is 0 Å². The van der Waals surface area contributed by atoms with Crippen LogP contribution in [-0.2, 0) is 19.6 Å². The molecule has 1 aromatic heterocycles. The Morgan fingerprint density at radius 3 is 2.10 bits per heavy atom. The van der Waals surface area contributed by atoms with E-state index in [1.165, 1.54) is 23.1 Å². The average molecular weight is 283 g/mol. The van der Waals surface area contributed by atoms with Gasteiger partial charge in [0.2, 0.25) is 0 Å². The van der Waals surface area contributed by atoms with E-state index in [2.05, 4.69) is 65.6 Å². The van der Waals surface area contributed by atoms with Gasteiger partial charge in [0.1, 0.15) is 0 Å². The fraction of sp³-hybridized carbons (Fsp3) is 0.389. The van der Waals surface area contributed by atoms with Crippen molar-refractivity contribution in [3.05, 3.63) is 65.5 Å². The van der Waals surface area contributed by atoms with Gasteiger partial charge in [0.15, 0.2) is 0 Å². The topological polar surface area (TPSA) is 28.2 Å². The minimum atomic E-state index is 0.947. The van der Waals surface area contributed by atoms with Crippen molar-refractivity contribution in [2.24, 2.45) is 0 Å². The Balaban J connectivity index is 1.82. The zero-order valence-electron chi connectivity index (χ0n) is 13.0. The first-order valence-corrected chi connectivity index (χ1v) is 7.64. The quantitative estimate of drug-likeness (QED) is 0.754. The molecule has 0 aliphatic heterocycles. The van der Waals surface area contributed by atoms with Crippen LogP contribution in [0.1, 0.15) is 30.0 Å². The highest BCUT2D eigenvalue weighted by atomic mass is 15.1. The van der Waals surface area contributed by atoms with Crippen LogP contribution < -0.4 is 5.32 Å². The third-order valence-corrected chi connectivity index (χ3v) is 3.43. The molecule has 0 saturated heterocycles. The molecule has 1 N–H and O–H groups in total. The van der Waals surface area contributed by atoms with Crippen LogP contribution in [0.2, 0.25) is 0 Å². The molecule has 0 spiro atoms. The van der Waals surface area contributed by atoms with Gasteiger partial charge in [-0.3, -0.25) is 9.88 Å². The lowest BCUT2D eigenvalue weighted by Gasteiger charge is -2.17. The highest BCUT2D eigenvalue weighted by Crippen LogP contribution is 2.09. The molecular formula is C18H25N3. The minimum Gasteiger partial charge on any atom is -0.313 e. The Labute approximate surface area is 128 Å². The molecular weight excluding hydrogens is 258 g/mol. The van der Waals surface area contributed by atoms with Crippen molar-refractivity contribution in [1.29, 1.82) is 0 Å². The van der Waals surface area contributed by atoms with Gasteiger partial charge in [-0.2, -0.15) is 0 Å². The predicted molar refractivity (Wildman–Crippen MR) is 87.8 cm³/mol. The molecule has 112 valence electrons. The van der Waals surface area contributed by atoms with Gasteiger partial charge in [0.05, 0.1) is 0 Å². The van der Waals surface area contributed by atoms with Crippen molar-refractivity contribution >= 4 is 0 Å². The molecule has 3 heteroatoms. The summed E-state index contributed by atoms with van der Waals surface area (Å²) >= 11 is 0. The van der Waals surface area contributed by atoms with Crippen LogP contribution in [0.25, 0.3) is 0 Å². The van der Waals surface area contributed by atoms with E-state index in [1.54, 1.807) is 0 Å². The van der Waals surface area contributed by atoms with Crippen LogP contribution in [0.4, 0.5) is 0 Å². The van der Waals surface area contributed by atoms with E-state index in [-0.39, 0.29) is 0 Å². The molecule has 1 heterocycles. The molecule has 0 bridgehead atoms. The first-order chi connectivity index (χ1) is 10.3. The van der Waals surface area contributed by atoms with Crippen LogP contribution >= 0.6 is 0 Å². The first-order valence-electron chi connectivity index (χ1n) is 7.64. The zero-order chi connectivity index (χ0) is 14.9. The van der Waals surface area contributed by atoms with Gasteiger partial charge in [-0.1, -0.05) is 31.2 Å². The normalized spacial score (nSPS) is 11.0. The summed E-state index contributed by atoms with van der Waals surface area (Å²) in [4.78, 5) is 6.37. The van der Waals surface area contributed by atoms with Crippen molar-refractivity contribution in [2.75, 3.05) is 13.6 Å². The summed E-state index contributed by atoms with van der Waals surface area (Å²) in [5, 5.41) is 3.43. The molecule has 0 fully saturated rings. The molecule has 0 amide bonds. The molecule has 0 saturated carbocycles. The van der Waals surface area contributed by atoms with Crippen LogP contribution in [0.5, 0.6) is 0 Å². The number of hydrogen-bond acceptors (Lipinski definition) is 3. The SMILES string of the molecule is CCCNCc1ccc(CN(C)Cc2ccncc2)cc1. The minimum absolute atomic E-state index is 0.947. The molecule has 0 atom stereocenters. The fourth-order valence-corrected chi connectivity index (χ4v) is 2.34. The third-order valence-electron chi connectivity index (χ3n) is 3.43. The lowest BCUT2D eigenvalue weighted by atomic mass is 10.1. The average Bonchev–Trinajstić information content (AvgIpc) is 2.50. The van der Waals surface area contributed by atoms with Gasteiger partial charge in [0, 0.05) is 32.0 Å². The molecule has 0 unspecified atom stereocenters. The van der Waals surface area contributed by atoms with E-state index in [0.29, 0.717) is 0 Å². The van der Waals surface area contributed by atoms with E-state index >= 15 is 0 Å². The lowest BCUT2D eigenvalue weighted by Crippen LogP contribution is -2.17. The second-order valence-electron chi connectivity index (χ2n) is 5.52. The largest absolute Gasteiger partial charge is 0.313 e.